The van der Waals surface area contributed by atoms with Gasteiger partial charge in [0.1, 0.15) is 23.6 Å². The Kier molecular flexibility index (Phi) is 7.03. The molecule has 2 aromatic carbocycles. The van der Waals surface area contributed by atoms with E-state index in [4.69, 9.17) is 9.47 Å². The first-order chi connectivity index (χ1) is 22.1. The van der Waals surface area contributed by atoms with Gasteiger partial charge in [-0.05, 0) is 47.8 Å². The largest absolute Gasteiger partial charge is 0.494 e. The fourth-order valence-corrected chi connectivity index (χ4v) is 9.46. The Bertz CT molecular complexity index is 1770. The van der Waals surface area contributed by atoms with Gasteiger partial charge in [-0.25, -0.2) is 4.79 Å². The molecule has 1 saturated carbocycles. The van der Waals surface area contributed by atoms with Crippen molar-refractivity contribution in [2.75, 3.05) is 39.3 Å². The molecule has 4 N–H and O–H groups in total. The van der Waals surface area contributed by atoms with Gasteiger partial charge in [0.2, 0.25) is 0 Å². The van der Waals surface area contributed by atoms with Crippen molar-refractivity contribution < 1.29 is 29.3 Å². The van der Waals surface area contributed by atoms with Gasteiger partial charge in [-0.15, -0.1) is 4.91 Å². The van der Waals surface area contributed by atoms with E-state index < -0.39 is 46.5 Å². The van der Waals surface area contributed by atoms with Crippen molar-refractivity contribution in [1.29, 1.82) is 0 Å². The van der Waals surface area contributed by atoms with Crippen LogP contribution >= 0.6 is 0 Å². The lowest BCUT2D eigenvalue weighted by molar-refractivity contribution is -0.204. The normalized spacial score (nSPS) is 31.6. The molecule has 4 aliphatic rings. The summed E-state index contributed by atoms with van der Waals surface area (Å²) in [5.74, 6) is -1.28. The Morgan fingerprint density at radius 3 is 2.72 bits per heavy atom. The molecule has 0 bridgehead atoms. The van der Waals surface area contributed by atoms with E-state index >= 15 is 0 Å². The second-order valence-corrected chi connectivity index (χ2v) is 13.0. The second-order valence-electron chi connectivity index (χ2n) is 13.0. The lowest BCUT2D eigenvalue weighted by Gasteiger charge is -2.63. The van der Waals surface area contributed by atoms with Gasteiger partial charge in [0.25, 0.3) is 5.91 Å². The van der Waals surface area contributed by atoms with E-state index in [9.17, 15) is 24.7 Å². The summed E-state index contributed by atoms with van der Waals surface area (Å²) in [7, 11) is 4.48. The number of likely N-dealkylation sites (N-methyl/N-ethyl adjacent to an activating group) is 1. The van der Waals surface area contributed by atoms with Gasteiger partial charge in [-0.1, -0.05) is 37.3 Å². The number of aliphatic hydroxyl groups excluding tert-OH is 1. The minimum Gasteiger partial charge on any atom is -0.494 e. The number of aliphatic hydroxyl groups is 2. The Hall–Kier alpha value is -4.26. The summed E-state index contributed by atoms with van der Waals surface area (Å²) in [4.78, 5) is 47.2. The highest BCUT2D eigenvalue weighted by atomic mass is 16.5. The molecule has 1 saturated heterocycles. The summed E-state index contributed by atoms with van der Waals surface area (Å²) in [5, 5.41) is 32.4. The summed E-state index contributed by atoms with van der Waals surface area (Å²) in [6.45, 7) is 3.26. The van der Waals surface area contributed by atoms with E-state index in [0.717, 1.165) is 22.0 Å². The summed E-state index contributed by atoms with van der Waals surface area (Å²) in [5.41, 5.74) is -1.04. The average molecular weight is 630 g/mol. The predicted octanol–water partition coefficient (Wildman–Crippen LogP) is 2.68. The van der Waals surface area contributed by atoms with Crippen LogP contribution in [0.2, 0.25) is 0 Å². The van der Waals surface area contributed by atoms with Crippen LogP contribution in [0.4, 0.5) is 11.4 Å². The lowest BCUT2D eigenvalue weighted by atomic mass is 9.47. The lowest BCUT2D eigenvalue weighted by Crippen LogP contribution is -2.82. The van der Waals surface area contributed by atoms with Crippen LogP contribution in [0.5, 0.6) is 5.75 Å². The number of nitroso groups, excluding NO2 is 1. The third kappa shape index (κ3) is 3.77. The number of esters is 1. The first-order valence-corrected chi connectivity index (χ1v) is 15.7. The molecule has 1 unspecified atom stereocenters. The van der Waals surface area contributed by atoms with Crippen molar-refractivity contribution in [3.63, 3.8) is 0 Å². The standard InChI is InChI=1S/C34H39N5O7/c1-5-32-11-8-13-39-14-12-33(28(32)39)21-16-23(37-44)26(45-3)17-25(21)38(2)29(33)34(43,30(32)41)31(42)36-24(27(40)46-4)15-19-18-35-22-10-7-6-9-20(19)22/h6-11,16-18,24,28-30,35,41,43H,5,12-15H2,1-4H3,(H,36,42)/t24?,28-,29+,30+,32+,33+,34-/m0/s1. The molecule has 3 aliphatic heterocycles. The van der Waals surface area contributed by atoms with E-state index in [1.165, 1.54) is 14.2 Å². The molecule has 242 valence electrons. The predicted molar refractivity (Wildman–Crippen MR) is 171 cm³/mol. The number of aromatic nitrogens is 1. The number of nitrogens with zero attached hydrogens (tertiary/aromatic N) is 3. The molecule has 2 fully saturated rings. The topological polar surface area (TPSA) is 157 Å². The number of rotatable bonds is 8. The number of benzene rings is 2. The fraction of sp³-hybridized carbons (Fsp3) is 0.471. The molecule has 46 heavy (non-hydrogen) atoms. The van der Waals surface area contributed by atoms with Crippen LogP contribution in [0.3, 0.4) is 0 Å². The highest BCUT2D eigenvalue weighted by Crippen LogP contribution is 2.67. The first-order valence-electron chi connectivity index (χ1n) is 15.7. The molecule has 7 rings (SSSR count). The third-order valence-electron chi connectivity index (χ3n) is 11.3. The molecule has 1 aromatic heterocycles. The number of hydrogen-bond donors (Lipinski definition) is 4. The summed E-state index contributed by atoms with van der Waals surface area (Å²) < 4.78 is 10.6. The smallest absolute Gasteiger partial charge is 0.328 e. The average Bonchev–Trinajstić information content (AvgIpc) is 3.75. The Morgan fingerprint density at radius 2 is 2.00 bits per heavy atom. The number of ether oxygens (including phenoxy) is 2. The summed E-state index contributed by atoms with van der Waals surface area (Å²) >= 11 is 0. The van der Waals surface area contributed by atoms with Gasteiger partial charge >= 0.3 is 5.97 Å². The van der Waals surface area contributed by atoms with Crippen molar-refractivity contribution in [2.45, 2.75) is 61.4 Å². The quantitative estimate of drug-likeness (QED) is 0.167. The van der Waals surface area contributed by atoms with Crippen molar-refractivity contribution in [3.8, 4) is 5.75 Å². The molecule has 0 radical (unpaired) electrons. The van der Waals surface area contributed by atoms with E-state index in [2.05, 4.69) is 20.4 Å². The Morgan fingerprint density at radius 1 is 1.22 bits per heavy atom. The van der Waals surface area contributed by atoms with Gasteiger partial charge in [0, 0.05) is 65.7 Å². The number of hydrogen-bond acceptors (Lipinski definition) is 10. The molecule has 1 aliphatic carbocycles. The molecule has 7 atom stereocenters. The zero-order valence-corrected chi connectivity index (χ0v) is 26.3. The number of amides is 1. The van der Waals surface area contributed by atoms with Gasteiger partial charge in [-0.3, -0.25) is 9.69 Å². The van der Waals surface area contributed by atoms with Crippen LogP contribution in [0.1, 0.15) is 30.9 Å². The fourth-order valence-electron chi connectivity index (χ4n) is 9.46. The van der Waals surface area contributed by atoms with Gasteiger partial charge in [0.05, 0.1) is 20.3 Å². The number of carbonyl (C=O) groups is 2. The second kappa shape index (κ2) is 10.6. The number of carbonyl (C=O) groups excluding carboxylic acids is 2. The van der Waals surface area contributed by atoms with E-state index in [1.807, 2.05) is 48.2 Å². The molecule has 12 nitrogen and oxygen atoms in total. The van der Waals surface area contributed by atoms with Crippen LogP contribution in [0, 0.1) is 10.3 Å². The van der Waals surface area contributed by atoms with E-state index in [1.54, 1.807) is 25.4 Å². The van der Waals surface area contributed by atoms with Gasteiger partial charge in [0.15, 0.2) is 5.60 Å². The molecule has 1 amide bonds. The molecule has 1 spiro atoms. The van der Waals surface area contributed by atoms with Crippen molar-refractivity contribution in [2.24, 2.45) is 10.6 Å². The van der Waals surface area contributed by atoms with E-state index in [-0.39, 0.29) is 23.9 Å². The maximum atomic E-state index is 14.7. The highest BCUT2D eigenvalue weighted by Gasteiger charge is 2.78. The van der Waals surface area contributed by atoms with Crippen molar-refractivity contribution in [1.82, 2.24) is 15.2 Å². The van der Waals surface area contributed by atoms with Gasteiger partial charge < -0.3 is 34.9 Å². The van der Waals surface area contributed by atoms with Crippen molar-refractivity contribution >= 4 is 34.2 Å². The minimum atomic E-state index is -2.40. The summed E-state index contributed by atoms with van der Waals surface area (Å²) in [6.07, 6.45) is 5.27. The zero-order chi connectivity index (χ0) is 32.6. The number of nitrogens with one attached hydrogen (secondary N) is 2. The Balaban J connectivity index is 1.37. The first kappa shape index (κ1) is 30.4. The van der Waals surface area contributed by atoms with Crippen LogP contribution in [-0.2, 0) is 26.2 Å². The molecule has 12 heteroatoms. The minimum absolute atomic E-state index is 0.0985. The third-order valence-corrected chi connectivity index (χ3v) is 11.3. The zero-order valence-electron chi connectivity index (χ0n) is 26.3. The number of aromatic amines is 1. The Labute approximate surface area is 266 Å². The highest BCUT2D eigenvalue weighted by molar-refractivity contribution is 5.94. The molecular weight excluding hydrogens is 590 g/mol. The van der Waals surface area contributed by atoms with Crippen LogP contribution in [0.25, 0.3) is 10.9 Å². The van der Waals surface area contributed by atoms with Crippen LogP contribution in [0.15, 0.2) is 59.9 Å². The summed E-state index contributed by atoms with van der Waals surface area (Å²) in [6, 6.07) is 8.67. The maximum Gasteiger partial charge on any atom is 0.328 e. The maximum absolute atomic E-state index is 14.7. The van der Waals surface area contributed by atoms with E-state index in [0.29, 0.717) is 31.6 Å². The SMILES string of the molecule is CC[C@]12C=CCN3CC[C@@]4(c5cc(N=O)c(OC)cc5N(C)[C@H]4[C@@](O)(C(=O)NC(Cc4c[nH]c5ccccc45)C(=O)OC)[C@@H]1O)[C@@H]32. The van der Waals surface area contributed by atoms with Crippen molar-refractivity contribution in [3.05, 3.63) is 70.8 Å². The molecule has 4 heterocycles. The number of H-pyrrole nitrogens is 1. The number of para-hydroxylation sites is 1. The molecule has 3 aromatic rings. The van der Waals surface area contributed by atoms with Gasteiger partial charge in [-0.2, -0.15) is 0 Å². The number of anilines is 1. The van der Waals surface area contributed by atoms with Crippen LogP contribution < -0.4 is 15.0 Å². The van der Waals surface area contributed by atoms with Crippen LogP contribution in [-0.4, -0.2) is 96.2 Å². The molecular formula is C34H39N5O7. The number of methoxy groups -OCH3 is 2. The number of fused-ring (bicyclic) bond motifs is 2. The monoisotopic (exact) mass is 629 g/mol.